The fraction of sp³-hybridized carbons (Fsp3) is 0.250. The molecule has 0 amide bonds. The van der Waals surface area contributed by atoms with Gasteiger partial charge in [-0.25, -0.2) is 0 Å². The second kappa shape index (κ2) is 6.24. The van der Waals surface area contributed by atoms with Crippen LogP contribution >= 0.6 is 0 Å². The van der Waals surface area contributed by atoms with E-state index in [0.717, 1.165) is 17.3 Å². The molecular formula is C20H20OSe. The van der Waals surface area contributed by atoms with Crippen LogP contribution in [0.1, 0.15) is 36.2 Å². The monoisotopic (exact) mass is 356 g/mol. The van der Waals surface area contributed by atoms with Crippen LogP contribution in [-0.4, -0.2) is 20.7 Å². The van der Waals surface area contributed by atoms with Crippen molar-refractivity contribution in [2.75, 3.05) is 0 Å². The van der Waals surface area contributed by atoms with Gasteiger partial charge in [-0.15, -0.1) is 0 Å². The van der Waals surface area contributed by atoms with Crippen LogP contribution in [-0.2, 0) is 4.31 Å². The molecule has 0 fully saturated rings. The van der Waals surface area contributed by atoms with Gasteiger partial charge in [0, 0.05) is 0 Å². The van der Waals surface area contributed by atoms with Gasteiger partial charge in [-0.1, -0.05) is 0 Å². The average molecular weight is 355 g/mol. The van der Waals surface area contributed by atoms with E-state index < -0.39 is 0 Å². The molecule has 3 rings (SSSR count). The van der Waals surface area contributed by atoms with Crippen molar-refractivity contribution in [3.63, 3.8) is 0 Å². The topological polar surface area (TPSA) is 17.1 Å². The Morgan fingerprint density at radius 3 is 2.09 bits per heavy atom. The van der Waals surface area contributed by atoms with E-state index in [1.165, 1.54) is 16.7 Å². The van der Waals surface area contributed by atoms with Gasteiger partial charge in [-0.2, -0.15) is 0 Å². The molecular weight excluding hydrogens is 335 g/mol. The third kappa shape index (κ3) is 2.69. The number of carbonyl (C=O) groups is 1. The van der Waals surface area contributed by atoms with Gasteiger partial charge >= 0.3 is 138 Å². The van der Waals surface area contributed by atoms with E-state index >= 15 is 0 Å². The van der Waals surface area contributed by atoms with Crippen LogP contribution in [0.25, 0.3) is 0 Å². The van der Waals surface area contributed by atoms with Gasteiger partial charge in [0.15, 0.2) is 0 Å². The van der Waals surface area contributed by atoms with Crippen molar-refractivity contribution >= 4 is 20.7 Å². The van der Waals surface area contributed by atoms with Crippen LogP contribution < -0.4 is 0 Å². The number of hydrogen-bond acceptors (Lipinski definition) is 1. The number of benzene rings is 2. The SMILES string of the molecule is CC1=C(C)CC(C(=O)c2ccccc2)(c2ccccc2)[Se]C1. The fourth-order valence-electron chi connectivity index (χ4n) is 2.92. The predicted molar refractivity (Wildman–Crippen MR) is 92.4 cm³/mol. The summed E-state index contributed by atoms with van der Waals surface area (Å²) in [6, 6.07) is 20.1. The Hall–Kier alpha value is -1.63. The molecule has 0 saturated heterocycles. The Morgan fingerprint density at radius 1 is 0.909 bits per heavy atom. The molecule has 1 nitrogen and oxygen atoms in total. The molecule has 22 heavy (non-hydrogen) atoms. The van der Waals surface area contributed by atoms with Crippen LogP contribution in [0, 0.1) is 0 Å². The molecule has 0 aliphatic carbocycles. The van der Waals surface area contributed by atoms with Crippen molar-refractivity contribution in [2.45, 2.75) is 29.9 Å². The maximum atomic E-state index is 13.4. The van der Waals surface area contributed by atoms with Crippen molar-refractivity contribution in [1.82, 2.24) is 0 Å². The number of rotatable bonds is 3. The molecule has 0 radical (unpaired) electrons. The first-order chi connectivity index (χ1) is 10.6. The summed E-state index contributed by atoms with van der Waals surface area (Å²) in [5, 5.41) is 1.06. The number of hydrogen-bond donors (Lipinski definition) is 0. The molecule has 0 aromatic heterocycles. The summed E-state index contributed by atoms with van der Waals surface area (Å²) in [7, 11) is 0. The Labute approximate surface area is 138 Å². The third-order valence-electron chi connectivity index (χ3n) is 4.42. The quantitative estimate of drug-likeness (QED) is 0.446. The molecule has 0 spiro atoms. The molecule has 2 heteroatoms. The predicted octanol–water partition coefficient (Wildman–Crippen LogP) is 4.63. The first-order valence-corrected chi connectivity index (χ1v) is 9.65. The minimum atomic E-state index is -0.348. The van der Waals surface area contributed by atoms with E-state index in [1.807, 2.05) is 48.5 Å². The maximum absolute atomic E-state index is 13.4. The molecule has 1 aliphatic heterocycles. The molecule has 0 N–H and O–H groups in total. The second-order valence-electron chi connectivity index (χ2n) is 5.91. The van der Waals surface area contributed by atoms with Crippen molar-refractivity contribution in [3.8, 4) is 0 Å². The van der Waals surface area contributed by atoms with Gasteiger partial charge in [0.1, 0.15) is 0 Å². The minimum absolute atomic E-state index is 0.241. The number of allylic oxidation sites excluding steroid dienone is 2. The first kappa shape index (κ1) is 15.3. The van der Waals surface area contributed by atoms with Crippen LogP contribution in [0.3, 0.4) is 0 Å². The van der Waals surface area contributed by atoms with E-state index in [4.69, 9.17) is 0 Å². The van der Waals surface area contributed by atoms with Crippen LogP contribution in [0.2, 0.25) is 5.32 Å². The molecule has 1 heterocycles. The summed E-state index contributed by atoms with van der Waals surface area (Å²) in [6.07, 6.45) is 0.858. The standard InChI is InChI=1S/C20H20OSe/c1-15-13-20(22-14-16(15)2,18-11-7-4-8-12-18)19(21)17-9-5-3-6-10-17/h3-12H,13-14H2,1-2H3. The van der Waals surface area contributed by atoms with Gasteiger partial charge in [0.2, 0.25) is 0 Å². The summed E-state index contributed by atoms with van der Waals surface area (Å²) in [6.45, 7) is 4.39. The normalized spacial score (nSPS) is 21.7. The molecule has 0 bridgehead atoms. The summed E-state index contributed by atoms with van der Waals surface area (Å²) in [4.78, 5) is 13.4. The number of ketones is 1. The van der Waals surface area contributed by atoms with Gasteiger partial charge < -0.3 is 0 Å². The van der Waals surface area contributed by atoms with E-state index in [1.54, 1.807) is 0 Å². The van der Waals surface area contributed by atoms with Crippen LogP contribution in [0.15, 0.2) is 71.8 Å². The average Bonchev–Trinajstić information content (AvgIpc) is 2.58. The van der Waals surface area contributed by atoms with Crippen molar-refractivity contribution in [2.24, 2.45) is 0 Å². The zero-order valence-electron chi connectivity index (χ0n) is 13.0. The summed E-state index contributed by atoms with van der Waals surface area (Å²) in [5.74, 6) is 0.283. The molecule has 0 saturated carbocycles. The number of Topliss-reactive ketones (excluding diaryl/α,β-unsaturated/α-hetero) is 1. The van der Waals surface area contributed by atoms with Gasteiger partial charge in [-0.05, 0) is 0 Å². The summed E-state index contributed by atoms with van der Waals surface area (Å²) in [5.41, 5.74) is 4.85. The fourth-order valence-corrected chi connectivity index (χ4v) is 6.24. The number of carbonyl (C=O) groups excluding carboxylic acids is 1. The molecule has 2 aromatic carbocycles. The zero-order valence-corrected chi connectivity index (χ0v) is 14.7. The van der Waals surface area contributed by atoms with Crippen molar-refractivity contribution in [1.29, 1.82) is 0 Å². The van der Waals surface area contributed by atoms with Crippen molar-refractivity contribution in [3.05, 3.63) is 82.9 Å². The van der Waals surface area contributed by atoms with Crippen molar-refractivity contribution < 1.29 is 4.79 Å². The Bertz CT molecular complexity index is 703. The molecule has 1 aliphatic rings. The molecule has 1 atom stereocenters. The molecule has 2 aromatic rings. The molecule has 1 unspecified atom stereocenters. The Morgan fingerprint density at radius 2 is 1.50 bits per heavy atom. The molecule has 112 valence electrons. The van der Waals surface area contributed by atoms with E-state index in [-0.39, 0.29) is 25.1 Å². The van der Waals surface area contributed by atoms with Gasteiger partial charge in [0.05, 0.1) is 0 Å². The zero-order chi connectivity index (χ0) is 15.6. The Balaban J connectivity index is 2.11. The van der Waals surface area contributed by atoms with Gasteiger partial charge in [-0.3, -0.25) is 0 Å². The first-order valence-electron chi connectivity index (χ1n) is 7.58. The van der Waals surface area contributed by atoms with E-state index in [0.29, 0.717) is 0 Å². The van der Waals surface area contributed by atoms with Crippen LogP contribution in [0.5, 0.6) is 0 Å². The van der Waals surface area contributed by atoms with E-state index in [9.17, 15) is 4.79 Å². The van der Waals surface area contributed by atoms with Gasteiger partial charge in [0.25, 0.3) is 0 Å². The Kier molecular flexibility index (Phi) is 4.33. The van der Waals surface area contributed by atoms with Crippen LogP contribution in [0.4, 0.5) is 0 Å². The third-order valence-corrected chi connectivity index (χ3v) is 7.85. The summed E-state index contributed by atoms with van der Waals surface area (Å²) >= 11 is 0.241. The second-order valence-corrected chi connectivity index (χ2v) is 8.59. The summed E-state index contributed by atoms with van der Waals surface area (Å²) < 4.78 is -0.348. The van der Waals surface area contributed by atoms with E-state index in [2.05, 4.69) is 26.0 Å².